The number of halogens is 2. The third-order valence-corrected chi connectivity index (χ3v) is 5.96. The number of rotatable bonds is 3. The molecule has 20 heavy (non-hydrogen) atoms. The highest BCUT2D eigenvalue weighted by Gasteiger charge is 2.35. The molecule has 0 radical (unpaired) electrons. The third kappa shape index (κ3) is 3.10. The summed E-state index contributed by atoms with van der Waals surface area (Å²) in [5.41, 5.74) is 1.15. The summed E-state index contributed by atoms with van der Waals surface area (Å²) in [5, 5.41) is 14.0. The minimum absolute atomic E-state index is 0.397. The summed E-state index contributed by atoms with van der Waals surface area (Å²) in [7, 11) is 0. The molecule has 1 aromatic rings. The van der Waals surface area contributed by atoms with Gasteiger partial charge in [0.05, 0.1) is 3.57 Å². The number of nitrogens with zero attached hydrogens (tertiary/aromatic N) is 1. The highest BCUT2D eigenvalue weighted by atomic mass is 127. The first-order valence-electron chi connectivity index (χ1n) is 7.29. The summed E-state index contributed by atoms with van der Waals surface area (Å²) < 4.78 is 2.20. The number of benzene rings is 1. The largest absolute Gasteiger partial charge is 0.506 e. The Morgan fingerprint density at radius 3 is 2.50 bits per heavy atom. The van der Waals surface area contributed by atoms with Crippen LogP contribution >= 0.6 is 45.2 Å². The Labute approximate surface area is 147 Å². The lowest BCUT2D eigenvalue weighted by Gasteiger charge is -2.43. The highest BCUT2D eigenvalue weighted by molar-refractivity contribution is 14.1. The van der Waals surface area contributed by atoms with Crippen molar-refractivity contribution in [3.05, 3.63) is 24.8 Å². The average molecular weight is 498 g/mol. The van der Waals surface area contributed by atoms with Gasteiger partial charge in [-0.2, -0.15) is 0 Å². The van der Waals surface area contributed by atoms with Gasteiger partial charge in [-0.15, -0.1) is 0 Å². The molecule has 3 nitrogen and oxygen atoms in total. The topological polar surface area (TPSA) is 35.5 Å². The summed E-state index contributed by atoms with van der Waals surface area (Å²) >= 11 is 4.61. The standard InChI is InChI=1S/C15H20I2N2O/c16-11-8-12(15(20)13(17)9-11)14(10-2-1-3-10)19-6-4-18-5-7-19/h8-10,14,18,20H,1-7H2/t14-/m1/s1. The lowest BCUT2D eigenvalue weighted by molar-refractivity contribution is 0.0818. The van der Waals surface area contributed by atoms with Crippen LogP contribution in [0.25, 0.3) is 0 Å². The van der Waals surface area contributed by atoms with Crippen molar-refractivity contribution in [2.45, 2.75) is 25.3 Å². The molecular weight excluding hydrogens is 478 g/mol. The lowest BCUT2D eigenvalue weighted by atomic mass is 9.76. The van der Waals surface area contributed by atoms with E-state index in [1.807, 2.05) is 0 Å². The molecule has 0 aromatic heterocycles. The maximum Gasteiger partial charge on any atom is 0.133 e. The van der Waals surface area contributed by atoms with Crippen LogP contribution in [0.15, 0.2) is 12.1 Å². The van der Waals surface area contributed by atoms with E-state index >= 15 is 0 Å². The molecular formula is C15H20I2N2O. The first kappa shape index (κ1) is 15.3. The monoisotopic (exact) mass is 498 g/mol. The van der Waals surface area contributed by atoms with Crippen LogP contribution in [0.3, 0.4) is 0 Å². The van der Waals surface area contributed by atoms with Gasteiger partial charge < -0.3 is 10.4 Å². The predicted molar refractivity (Wildman–Crippen MR) is 98.1 cm³/mol. The Morgan fingerprint density at radius 2 is 1.90 bits per heavy atom. The Balaban J connectivity index is 1.96. The molecule has 2 aliphatic rings. The van der Waals surface area contributed by atoms with Gasteiger partial charge >= 0.3 is 0 Å². The molecule has 5 heteroatoms. The molecule has 1 aromatic carbocycles. The second kappa shape index (κ2) is 6.66. The summed E-state index contributed by atoms with van der Waals surface area (Å²) in [6.45, 7) is 4.29. The minimum Gasteiger partial charge on any atom is -0.506 e. The van der Waals surface area contributed by atoms with E-state index in [9.17, 15) is 5.11 Å². The van der Waals surface area contributed by atoms with Crippen LogP contribution in [0.1, 0.15) is 30.9 Å². The number of nitrogens with one attached hydrogen (secondary N) is 1. The van der Waals surface area contributed by atoms with Crippen molar-refractivity contribution in [2.24, 2.45) is 5.92 Å². The number of phenolic OH excluding ortho intramolecular Hbond substituents is 1. The fourth-order valence-electron chi connectivity index (χ4n) is 3.28. The molecule has 0 bridgehead atoms. The van der Waals surface area contributed by atoms with Crippen LogP contribution in [0, 0.1) is 13.1 Å². The van der Waals surface area contributed by atoms with Crippen LogP contribution in [0.2, 0.25) is 0 Å². The molecule has 3 rings (SSSR count). The molecule has 0 unspecified atom stereocenters. The zero-order chi connectivity index (χ0) is 14.1. The maximum atomic E-state index is 10.5. The zero-order valence-electron chi connectivity index (χ0n) is 11.4. The van der Waals surface area contributed by atoms with E-state index < -0.39 is 0 Å². The van der Waals surface area contributed by atoms with Crippen molar-refractivity contribution in [3.63, 3.8) is 0 Å². The Morgan fingerprint density at radius 1 is 1.20 bits per heavy atom. The van der Waals surface area contributed by atoms with E-state index in [-0.39, 0.29) is 0 Å². The molecule has 1 saturated heterocycles. The molecule has 2 N–H and O–H groups in total. The fraction of sp³-hybridized carbons (Fsp3) is 0.600. The van der Waals surface area contributed by atoms with Crippen LogP contribution < -0.4 is 5.32 Å². The molecule has 1 heterocycles. The van der Waals surface area contributed by atoms with Gasteiger partial charge in [0.25, 0.3) is 0 Å². The minimum atomic E-state index is 0.397. The molecule has 0 amide bonds. The van der Waals surface area contributed by atoms with Crippen LogP contribution in [-0.2, 0) is 0 Å². The van der Waals surface area contributed by atoms with Gasteiger partial charge in [0, 0.05) is 41.4 Å². The van der Waals surface area contributed by atoms with Crippen molar-refractivity contribution in [3.8, 4) is 5.75 Å². The van der Waals surface area contributed by atoms with Crippen molar-refractivity contribution in [2.75, 3.05) is 26.2 Å². The van der Waals surface area contributed by atoms with E-state index in [4.69, 9.17) is 0 Å². The molecule has 2 fully saturated rings. The summed E-state index contributed by atoms with van der Waals surface area (Å²) in [6.07, 6.45) is 3.95. The lowest BCUT2D eigenvalue weighted by Crippen LogP contribution is -2.47. The SMILES string of the molecule is Oc1c(I)cc(I)cc1[C@@H](C1CCC1)N1CCNCC1. The van der Waals surface area contributed by atoms with Crippen LogP contribution in [0.4, 0.5) is 0 Å². The zero-order valence-corrected chi connectivity index (χ0v) is 15.7. The van der Waals surface area contributed by atoms with Crippen molar-refractivity contribution < 1.29 is 5.11 Å². The molecule has 1 atom stereocenters. The predicted octanol–water partition coefficient (Wildman–Crippen LogP) is 3.35. The van der Waals surface area contributed by atoms with E-state index in [1.54, 1.807) is 0 Å². The first-order chi connectivity index (χ1) is 9.66. The van der Waals surface area contributed by atoms with Crippen LogP contribution in [0.5, 0.6) is 5.75 Å². The Bertz CT molecular complexity index is 485. The Kier molecular flexibility index (Phi) is 5.10. The van der Waals surface area contributed by atoms with Gasteiger partial charge in [-0.25, -0.2) is 0 Å². The Hall–Kier alpha value is 0.400. The van der Waals surface area contributed by atoms with Gasteiger partial charge in [-0.3, -0.25) is 4.90 Å². The van der Waals surface area contributed by atoms with E-state index in [0.717, 1.165) is 35.3 Å². The van der Waals surface area contributed by atoms with Gasteiger partial charge in [0.2, 0.25) is 0 Å². The van der Waals surface area contributed by atoms with Crippen molar-refractivity contribution in [1.29, 1.82) is 0 Å². The fourth-order valence-corrected chi connectivity index (χ4v) is 5.17. The number of hydrogen-bond donors (Lipinski definition) is 2. The van der Waals surface area contributed by atoms with Crippen molar-refractivity contribution >= 4 is 45.2 Å². The summed E-state index contributed by atoms with van der Waals surface area (Å²) in [4.78, 5) is 2.57. The van der Waals surface area contributed by atoms with E-state index in [2.05, 4.69) is 67.5 Å². The number of hydrogen-bond acceptors (Lipinski definition) is 3. The molecule has 1 aliphatic carbocycles. The molecule has 1 saturated carbocycles. The normalized spacial score (nSPS) is 22.5. The molecule has 110 valence electrons. The quantitative estimate of drug-likeness (QED) is 0.629. The third-order valence-electron chi connectivity index (χ3n) is 4.52. The number of aromatic hydroxyl groups is 1. The van der Waals surface area contributed by atoms with Gasteiger partial charge in [-0.1, -0.05) is 6.42 Å². The van der Waals surface area contributed by atoms with Gasteiger partial charge in [0.1, 0.15) is 5.75 Å². The average Bonchev–Trinajstić information content (AvgIpc) is 2.39. The first-order valence-corrected chi connectivity index (χ1v) is 9.45. The summed E-state index contributed by atoms with van der Waals surface area (Å²) in [5.74, 6) is 1.22. The number of phenols is 1. The van der Waals surface area contributed by atoms with E-state index in [0.29, 0.717) is 17.7 Å². The molecule has 0 spiro atoms. The maximum absolute atomic E-state index is 10.5. The summed E-state index contributed by atoms with van der Waals surface area (Å²) in [6, 6.07) is 4.63. The second-order valence-electron chi connectivity index (χ2n) is 5.75. The highest BCUT2D eigenvalue weighted by Crippen LogP contribution is 2.45. The van der Waals surface area contributed by atoms with Gasteiger partial charge in [0.15, 0.2) is 0 Å². The number of piperazine rings is 1. The smallest absolute Gasteiger partial charge is 0.133 e. The van der Waals surface area contributed by atoms with E-state index in [1.165, 1.54) is 22.8 Å². The van der Waals surface area contributed by atoms with Crippen molar-refractivity contribution in [1.82, 2.24) is 10.2 Å². The van der Waals surface area contributed by atoms with Gasteiger partial charge in [-0.05, 0) is 76.1 Å². The molecule has 1 aliphatic heterocycles. The van der Waals surface area contributed by atoms with Crippen LogP contribution in [-0.4, -0.2) is 36.2 Å². The second-order valence-corrected chi connectivity index (χ2v) is 8.16.